The quantitative estimate of drug-likeness (QED) is 0.878. The zero-order valence-corrected chi connectivity index (χ0v) is 12.8. The minimum Gasteiger partial charge on any atom is -0.355 e. The lowest BCUT2D eigenvalue weighted by molar-refractivity contribution is -0.121. The molecule has 3 N–H and O–H groups in total. The van der Waals surface area contributed by atoms with Gasteiger partial charge in [0.1, 0.15) is 0 Å². The molecule has 1 aromatic rings. The Kier molecular flexibility index (Phi) is 5.35. The number of rotatable bonds is 5. The smallest absolute Gasteiger partial charge is 0.221 e. The fourth-order valence-electron chi connectivity index (χ4n) is 1.79. The van der Waals surface area contributed by atoms with Crippen molar-refractivity contribution in [1.29, 1.82) is 0 Å². The third-order valence-electron chi connectivity index (χ3n) is 2.84. The van der Waals surface area contributed by atoms with E-state index in [-0.39, 0.29) is 17.4 Å². The van der Waals surface area contributed by atoms with E-state index in [1.165, 1.54) is 5.56 Å². The van der Waals surface area contributed by atoms with Crippen LogP contribution in [0.1, 0.15) is 32.8 Å². The van der Waals surface area contributed by atoms with Gasteiger partial charge in [0.15, 0.2) is 0 Å². The molecule has 0 saturated heterocycles. The number of hydrogen-bond acceptors (Lipinski definition) is 2. The number of hydrogen-bond donors (Lipinski definition) is 2. The summed E-state index contributed by atoms with van der Waals surface area (Å²) in [5, 5.41) is 2.94. The summed E-state index contributed by atoms with van der Waals surface area (Å²) < 4.78 is 1.07. The van der Waals surface area contributed by atoms with Gasteiger partial charge in [0.2, 0.25) is 5.91 Å². The first-order valence-electron chi connectivity index (χ1n) is 6.10. The fourth-order valence-corrected chi connectivity index (χ4v) is 2.61. The Balaban J connectivity index is 2.65. The topological polar surface area (TPSA) is 55.1 Å². The molecule has 18 heavy (non-hydrogen) atoms. The lowest BCUT2D eigenvalue weighted by Crippen LogP contribution is -2.38. The normalized spacial score (nSPS) is 13.2. The second-order valence-corrected chi connectivity index (χ2v) is 6.18. The maximum absolute atomic E-state index is 11.6. The van der Waals surface area contributed by atoms with Gasteiger partial charge in [-0.3, -0.25) is 4.79 Å². The van der Waals surface area contributed by atoms with Gasteiger partial charge in [-0.1, -0.05) is 48.0 Å². The molecule has 0 heterocycles. The number of halogens is 1. The summed E-state index contributed by atoms with van der Waals surface area (Å²) in [6.07, 6.45) is 0.367. The van der Waals surface area contributed by atoms with E-state index < -0.39 is 0 Å². The van der Waals surface area contributed by atoms with Crippen molar-refractivity contribution in [3.05, 3.63) is 34.3 Å². The molecule has 1 atom stereocenters. The van der Waals surface area contributed by atoms with Gasteiger partial charge in [0.25, 0.3) is 0 Å². The third kappa shape index (κ3) is 4.42. The molecule has 0 aliphatic rings. The van der Waals surface area contributed by atoms with Gasteiger partial charge in [0.05, 0.1) is 0 Å². The van der Waals surface area contributed by atoms with Crippen LogP contribution in [0.5, 0.6) is 0 Å². The first-order chi connectivity index (χ1) is 8.33. The molecule has 0 radical (unpaired) electrons. The first kappa shape index (κ1) is 15.2. The van der Waals surface area contributed by atoms with Crippen LogP contribution in [-0.4, -0.2) is 18.5 Å². The van der Waals surface area contributed by atoms with Gasteiger partial charge >= 0.3 is 0 Å². The molecule has 3 nitrogen and oxygen atoms in total. The van der Waals surface area contributed by atoms with Crippen LogP contribution in [0.15, 0.2) is 28.7 Å². The van der Waals surface area contributed by atoms with Crippen molar-refractivity contribution in [2.24, 2.45) is 5.73 Å². The summed E-state index contributed by atoms with van der Waals surface area (Å²) in [4.78, 5) is 11.6. The minimum absolute atomic E-state index is 0.00475. The molecular weight excluding hydrogens is 292 g/mol. The van der Waals surface area contributed by atoms with E-state index in [1.807, 2.05) is 25.1 Å². The third-order valence-corrected chi connectivity index (χ3v) is 3.53. The Bertz CT molecular complexity index is 416. The number of benzene rings is 1. The van der Waals surface area contributed by atoms with Gasteiger partial charge in [-0.25, -0.2) is 0 Å². The Labute approximate surface area is 117 Å². The Hall–Kier alpha value is -0.870. The van der Waals surface area contributed by atoms with Crippen molar-refractivity contribution in [1.82, 2.24) is 5.32 Å². The number of nitrogens with two attached hydrogens (primary N) is 1. The van der Waals surface area contributed by atoms with E-state index in [9.17, 15) is 4.79 Å². The van der Waals surface area contributed by atoms with E-state index >= 15 is 0 Å². The fraction of sp³-hybridized carbons (Fsp3) is 0.500. The first-order valence-corrected chi connectivity index (χ1v) is 6.89. The van der Waals surface area contributed by atoms with E-state index in [0.29, 0.717) is 13.0 Å². The van der Waals surface area contributed by atoms with Crippen LogP contribution >= 0.6 is 15.9 Å². The molecule has 0 aromatic heterocycles. The maximum atomic E-state index is 11.6. The molecule has 100 valence electrons. The molecule has 1 unspecified atom stereocenters. The average molecular weight is 313 g/mol. The zero-order valence-electron chi connectivity index (χ0n) is 11.2. The summed E-state index contributed by atoms with van der Waals surface area (Å²) in [5.74, 6) is 0.00475. The summed E-state index contributed by atoms with van der Waals surface area (Å²) in [7, 11) is 0. The average Bonchev–Trinajstić information content (AvgIpc) is 2.26. The SMILES string of the molecule is CC(N)CC(=O)NCC(C)(C)c1ccccc1Br. The number of carbonyl (C=O) groups excluding carboxylic acids is 1. The highest BCUT2D eigenvalue weighted by molar-refractivity contribution is 9.10. The van der Waals surface area contributed by atoms with Crippen molar-refractivity contribution in [2.45, 2.75) is 38.6 Å². The van der Waals surface area contributed by atoms with Crippen LogP contribution < -0.4 is 11.1 Å². The largest absolute Gasteiger partial charge is 0.355 e. The molecule has 1 aromatic carbocycles. The summed E-state index contributed by atoms with van der Waals surface area (Å²) >= 11 is 3.55. The van der Waals surface area contributed by atoms with Crippen molar-refractivity contribution < 1.29 is 4.79 Å². The highest BCUT2D eigenvalue weighted by Crippen LogP contribution is 2.29. The highest BCUT2D eigenvalue weighted by Gasteiger charge is 2.23. The van der Waals surface area contributed by atoms with E-state index in [1.54, 1.807) is 0 Å². The van der Waals surface area contributed by atoms with Crippen molar-refractivity contribution >= 4 is 21.8 Å². The van der Waals surface area contributed by atoms with Gasteiger partial charge in [0, 0.05) is 28.9 Å². The summed E-state index contributed by atoms with van der Waals surface area (Å²) in [6, 6.07) is 7.98. The van der Waals surface area contributed by atoms with E-state index in [2.05, 4.69) is 41.2 Å². The van der Waals surface area contributed by atoms with Gasteiger partial charge < -0.3 is 11.1 Å². The van der Waals surface area contributed by atoms with Crippen molar-refractivity contribution in [3.8, 4) is 0 Å². The molecule has 0 saturated carbocycles. The number of nitrogens with one attached hydrogen (secondary N) is 1. The monoisotopic (exact) mass is 312 g/mol. The number of amides is 1. The molecule has 0 aliphatic heterocycles. The molecule has 0 spiro atoms. The molecular formula is C14H21BrN2O. The second-order valence-electron chi connectivity index (χ2n) is 5.32. The highest BCUT2D eigenvalue weighted by atomic mass is 79.9. The number of carbonyl (C=O) groups is 1. The van der Waals surface area contributed by atoms with Gasteiger partial charge in [-0.15, -0.1) is 0 Å². The standard InChI is InChI=1S/C14H21BrN2O/c1-10(16)8-13(18)17-9-14(2,3)11-6-4-5-7-12(11)15/h4-7,10H,8-9,16H2,1-3H3,(H,17,18). The summed E-state index contributed by atoms with van der Waals surface area (Å²) in [5.41, 5.74) is 6.67. The van der Waals surface area contributed by atoms with Crippen LogP contribution in [0.2, 0.25) is 0 Å². The predicted octanol–water partition coefficient (Wildman–Crippen LogP) is 2.58. The van der Waals surface area contributed by atoms with Crippen LogP contribution in [0, 0.1) is 0 Å². The lowest BCUT2D eigenvalue weighted by atomic mass is 9.84. The molecule has 0 aliphatic carbocycles. The Morgan fingerprint density at radius 2 is 2.06 bits per heavy atom. The van der Waals surface area contributed by atoms with Crippen molar-refractivity contribution in [2.75, 3.05) is 6.54 Å². The molecule has 4 heteroatoms. The second kappa shape index (κ2) is 6.34. The van der Waals surface area contributed by atoms with Crippen LogP contribution in [-0.2, 0) is 10.2 Å². The van der Waals surface area contributed by atoms with Crippen LogP contribution in [0.4, 0.5) is 0 Å². The van der Waals surface area contributed by atoms with Crippen LogP contribution in [0.3, 0.4) is 0 Å². The van der Waals surface area contributed by atoms with Gasteiger partial charge in [-0.05, 0) is 18.6 Å². The van der Waals surface area contributed by atoms with E-state index in [4.69, 9.17) is 5.73 Å². The predicted molar refractivity (Wildman–Crippen MR) is 78.4 cm³/mol. The van der Waals surface area contributed by atoms with Crippen LogP contribution in [0.25, 0.3) is 0 Å². The Morgan fingerprint density at radius 1 is 1.44 bits per heavy atom. The molecule has 1 rings (SSSR count). The summed E-state index contributed by atoms with van der Waals surface area (Å²) in [6.45, 7) is 6.65. The Morgan fingerprint density at radius 3 is 2.61 bits per heavy atom. The zero-order chi connectivity index (χ0) is 13.8. The maximum Gasteiger partial charge on any atom is 0.221 e. The van der Waals surface area contributed by atoms with E-state index in [0.717, 1.165) is 4.47 Å². The minimum atomic E-state index is -0.117. The van der Waals surface area contributed by atoms with Crippen molar-refractivity contribution in [3.63, 3.8) is 0 Å². The molecule has 1 amide bonds. The molecule has 0 fully saturated rings. The molecule has 0 bridgehead atoms. The lowest BCUT2D eigenvalue weighted by Gasteiger charge is -2.27. The van der Waals surface area contributed by atoms with Gasteiger partial charge in [-0.2, -0.15) is 0 Å².